The van der Waals surface area contributed by atoms with E-state index in [1.165, 1.54) is 64.2 Å². The van der Waals surface area contributed by atoms with Crippen molar-refractivity contribution >= 4 is 11.0 Å². The highest BCUT2D eigenvalue weighted by molar-refractivity contribution is 5.74. The minimum absolute atomic E-state index is 0.609. The third-order valence-corrected chi connectivity index (χ3v) is 4.40. The molecule has 3 nitrogen and oxygen atoms in total. The summed E-state index contributed by atoms with van der Waals surface area (Å²) in [6.07, 6.45) is 15.5. The van der Waals surface area contributed by atoms with Crippen LogP contribution in [0.25, 0.3) is 11.0 Å². The molecule has 0 amide bonds. The Morgan fingerprint density at radius 1 is 0.870 bits per heavy atom. The van der Waals surface area contributed by atoms with Crippen molar-refractivity contribution < 1.29 is 4.74 Å². The minimum atomic E-state index is 0.609. The number of benzene rings is 1. The van der Waals surface area contributed by atoms with Crippen molar-refractivity contribution in [3.8, 4) is 0 Å². The third-order valence-electron chi connectivity index (χ3n) is 4.40. The van der Waals surface area contributed by atoms with Crippen LogP contribution in [0.4, 0.5) is 0 Å². The predicted molar refractivity (Wildman–Crippen MR) is 97.5 cm³/mol. The van der Waals surface area contributed by atoms with Crippen molar-refractivity contribution in [3.63, 3.8) is 0 Å². The summed E-state index contributed by atoms with van der Waals surface area (Å²) < 4.78 is 7.86. The zero-order valence-corrected chi connectivity index (χ0v) is 14.7. The van der Waals surface area contributed by atoms with Gasteiger partial charge in [-0.15, -0.1) is 0 Å². The van der Waals surface area contributed by atoms with E-state index in [1.54, 1.807) is 0 Å². The zero-order chi connectivity index (χ0) is 16.2. The van der Waals surface area contributed by atoms with Gasteiger partial charge in [-0.25, -0.2) is 4.98 Å². The van der Waals surface area contributed by atoms with Gasteiger partial charge in [-0.05, 0) is 18.6 Å². The Morgan fingerprint density at radius 3 is 2.26 bits per heavy atom. The SMILES string of the molecule is CCCCCCCCCCCCOCn1cnc2ccccc21. The molecule has 2 aromatic rings. The summed E-state index contributed by atoms with van der Waals surface area (Å²) in [5.74, 6) is 0. The summed E-state index contributed by atoms with van der Waals surface area (Å²) in [6, 6.07) is 8.19. The second-order valence-electron chi connectivity index (χ2n) is 6.42. The number of para-hydroxylation sites is 2. The Bertz CT molecular complexity index is 535. The van der Waals surface area contributed by atoms with E-state index in [-0.39, 0.29) is 0 Å². The Labute approximate surface area is 141 Å². The lowest BCUT2D eigenvalue weighted by Gasteiger charge is -2.06. The van der Waals surface area contributed by atoms with E-state index in [1.807, 2.05) is 24.5 Å². The number of rotatable bonds is 13. The summed E-state index contributed by atoms with van der Waals surface area (Å²) in [4.78, 5) is 4.38. The highest BCUT2D eigenvalue weighted by Crippen LogP contribution is 2.12. The molecule has 0 fully saturated rings. The normalized spacial score (nSPS) is 11.3. The number of hydrogen-bond donors (Lipinski definition) is 0. The lowest BCUT2D eigenvalue weighted by Crippen LogP contribution is -2.02. The molecular formula is C20H32N2O. The zero-order valence-electron chi connectivity index (χ0n) is 14.7. The van der Waals surface area contributed by atoms with Crippen LogP contribution in [0.2, 0.25) is 0 Å². The highest BCUT2D eigenvalue weighted by atomic mass is 16.5. The molecule has 0 aliphatic carbocycles. The second kappa shape index (κ2) is 11.2. The van der Waals surface area contributed by atoms with Gasteiger partial charge in [0.25, 0.3) is 0 Å². The van der Waals surface area contributed by atoms with Crippen LogP contribution in [-0.4, -0.2) is 16.2 Å². The smallest absolute Gasteiger partial charge is 0.124 e. The van der Waals surface area contributed by atoms with Crippen LogP contribution < -0.4 is 0 Å². The molecule has 1 aromatic heterocycles. The summed E-state index contributed by atoms with van der Waals surface area (Å²) in [7, 11) is 0. The average Bonchev–Trinajstić information content (AvgIpc) is 2.99. The van der Waals surface area contributed by atoms with Gasteiger partial charge in [0.1, 0.15) is 6.73 Å². The predicted octanol–water partition coefficient (Wildman–Crippen LogP) is 5.93. The highest BCUT2D eigenvalue weighted by Gasteiger charge is 2.00. The van der Waals surface area contributed by atoms with Gasteiger partial charge < -0.3 is 9.30 Å². The van der Waals surface area contributed by atoms with Crippen LogP contribution in [0.15, 0.2) is 30.6 Å². The van der Waals surface area contributed by atoms with Crippen LogP contribution in [0.3, 0.4) is 0 Å². The van der Waals surface area contributed by atoms with E-state index in [4.69, 9.17) is 4.74 Å². The van der Waals surface area contributed by atoms with Gasteiger partial charge in [-0.1, -0.05) is 76.8 Å². The maximum Gasteiger partial charge on any atom is 0.124 e. The molecule has 0 aliphatic heterocycles. The van der Waals surface area contributed by atoms with Gasteiger partial charge in [0.2, 0.25) is 0 Å². The van der Waals surface area contributed by atoms with Crippen molar-refractivity contribution in [1.82, 2.24) is 9.55 Å². The molecule has 2 rings (SSSR count). The second-order valence-corrected chi connectivity index (χ2v) is 6.42. The molecule has 3 heteroatoms. The van der Waals surface area contributed by atoms with E-state index in [0.29, 0.717) is 6.73 Å². The number of nitrogens with zero attached hydrogens (tertiary/aromatic N) is 2. The molecule has 0 N–H and O–H groups in total. The van der Waals surface area contributed by atoms with Crippen molar-refractivity contribution in [2.24, 2.45) is 0 Å². The van der Waals surface area contributed by atoms with Crippen molar-refractivity contribution in [3.05, 3.63) is 30.6 Å². The number of unbranched alkanes of at least 4 members (excludes halogenated alkanes) is 9. The van der Waals surface area contributed by atoms with E-state index in [2.05, 4.69) is 22.5 Å². The molecule has 1 aromatic carbocycles. The van der Waals surface area contributed by atoms with Crippen molar-refractivity contribution in [2.75, 3.05) is 6.61 Å². The average molecular weight is 316 g/mol. The summed E-state index contributed by atoms with van der Waals surface area (Å²) in [5, 5.41) is 0. The standard InChI is InChI=1S/C20H32N2O/c1-2-3-4-5-6-7-8-9-10-13-16-23-18-22-17-21-19-14-11-12-15-20(19)22/h11-12,14-15,17H,2-10,13,16,18H2,1H3. The first kappa shape index (κ1) is 18.0. The molecule has 0 aliphatic rings. The van der Waals surface area contributed by atoms with Crippen LogP contribution in [0.1, 0.15) is 71.1 Å². The summed E-state index contributed by atoms with van der Waals surface area (Å²) in [6.45, 7) is 3.73. The fourth-order valence-corrected chi connectivity index (χ4v) is 2.97. The largest absolute Gasteiger partial charge is 0.361 e. The maximum absolute atomic E-state index is 5.78. The molecule has 0 unspecified atom stereocenters. The monoisotopic (exact) mass is 316 g/mol. The Kier molecular flexibility index (Phi) is 8.78. The molecule has 23 heavy (non-hydrogen) atoms. The molecule has 0 bridgehead atoms. The quantitative estimate of drug-likeness (QED) is 0.428. The third kappa shape index (κ3) is 6.74. The van der Waals surface area contributed by atoms with Crippen LogP contribution in [-0.2, 0) is 11.5 Å². The fraction of sp³-hybridized carbons (Fsp3) is 0.650. The van der Waals surface area contributed by atoms with Gasteiger partial charge in [0.15, 0.2) is 0 Å². The number of hydrogen-bond acceptors (Lipinski definition) is 2. The lowest BCUT2D eigenvalue weighted by atomic mass is 10.1. The Balaban J connectivity index is 1.44. The van der Waals surface area contributed by atoms with Gasteiger partial charge in [0, 0.05) is 6.61 Å². The number of fused-ring (bicyclic) bond motifs is 1. The number of imidazole rings is 1. The van der Waals surface area contributed by atoms with E-state index >= 15 is 0 Å². The van der Waals surface area contributed by atoms with Gasteiger partial charge in [0.05, 0.1) is 17.4 Å². The van der Waals surface area contributed by atoms with Gasteiger partial charge in [-0.3, -0.25) is 0 Å². The molecule has 0 saturated heterocycles. The van der Waals surface area contributed by atoms with Crippen LogP contribution in [0, 0.1) is 0 Å². The first-order valence-corrected chi connectivity index (χ1v) is 9.39. The molecule has 128 valence electrons. The van der Waals surface area contributed by atoms with Gasteiger partial charge >= 0.3 is 0 Å². The Morgan fingerprint density at radius 2 is 1.52 bits per heavy atom. The number of aromatic nitrogens is 2. The van der Waals surface area contributed by atoms with E-state index in [9.17, 15) is 0 Å². The lowest BCUT2D eigenvalue weighted by molar-refractivity contribution is 0.0763. The van der Waals surface area contributed by atoms with Gasteiger partial charge in [-0.2, -0.15) is 0 Å². The molecule has 0 spiro atoms. The van der Waals surface area contributed by atoms with Crippen molar-refractivity contribution in [1.29, 1.82) is 0 Å². The molecular weight excluding hydrogens is 284 g/mol. The fourth-order valence-electron chi connectivity index (χ4n) is 2.97. The molecule has 0 saturated carbocycles. The first-order chi connectivity index (χ1) is 11.4. The maximum atomic E-state index is 5.78. The Hall–Kier alpha value is -1.35. The minimum Gasteiger partial charge on any atom is -0.361 e. The molecule has 0 radical (unpaired) electrons. The van der Waals surface area contributed by atoms with E-state index < -0.39 is 0 Å². The topological polar surface area (TPSA) is 27.1 Å². The van der Waals surface area contributed by atoms with Crippen molar-refractivity contribution in [2.45, 2.75) is 77.9 Å². The van der Waals surface area contributed by atoms with Crippen LogP contribution >= 0.6 is 0 Å². The summed E-state index contributed by atoms with van der Waals surface area (Å²) in [5.41, 5.74) is 2.19. The van der Waals surface area contributed by atoms with Crippen LogP contribution in [0.5, 0.6) is 0 Å². The molecule has 0 atom stereocenters. The molecule has 1 heterocycles. The first-order valence-electron chi connectivity index (χ1n) is 9.39. The van der Waals surface area contributed by atoms with E-state index in [0.717, 1.165) is 17.6 Å². The summed E-state index contributed by atoms with van der Waals surface area (Å²) >= 11 is 0. The number of ether oxygens (including phenoxy) is 1.